The SMILES string of the molecule is Nc1nc(N)nc(NCC(=O)O)n1. The highest BCUT2D eigenvalue weighted by molar-refractivity contribution is 5.71. The molecule has 0 radical (unpaired) electrons. The molecule has 0 fully saturated rings. The quantitative estimate of drug-likeness (QED) is 0.446. The number of aromatic nitrogens is 3. The predicted molar refractivity (Wildman–Crippen MR) is 44.8 cm³/mol. The Morgan fingerprint density at radius 2 is 1.85 bits per heavy atom. The van der Waals surface area contributed by atoms with Gasteiger partial charge in [0.15, 0.2) is 0 Å². The van der Waals surface area contributed by atoms with Gasteiger partial charge in [0.1, 0.15) is 6.54 Å². The average Bonchev–Trinajstić information content (AvgIpc) is 1.99. The van der Waals surface area contributed by atoms with Gasteiger partial charge in [-0.25, -0.2) is 0 Å². The number of nitrogen functional groups attached to an aromatic ring is 2. The van der Waals surface area contributed by atoms with E-state index in [1.165, 1.54) is 0 Å². The summed E-state index contributed by atoms with van der Waals surface area (Å²) in [5.41, 5.74) is 10.5. The number of nitrogens with zero attached hydrogens (tertiary/aromatic N) is 3. The lowest BCUT2D eigenvalue weighted by Crippen LogP contribution is -2.16. The van der Waals surface area contributed by atoms with Crippen molar-refractivity contribution in [3.8, 4) is 0 Å². The van der Waals surface area contributed by atoms with Gasteiger partial charge in [-0.05, 0) is 0 Å². The molecule has 8 heteroatoms. The monoisotopic (exact) mass is 184 g/mol. The summed E-state index contributed by atoms with van der Waals surface area (Å²) in [4.78, 5) is 20.9. The van der Waals surface area contributed by atoms with Gasteiger partial charge in [-0.3, -0.25) is 4.79 Å². The summed E-state index contributed by atoms with van der Waals surface area (Å²) in [7, 11) is 0. The van der Waals surface area contributed by atoms with Crippen LogP contribution in [0.3, 0.4) is 0 Å². The summed E-state index contributed by atoms with van der Waals surface area (Å²) in [6, 6.07) is 0. The van der Waals surface area contributed by atoms with Crippen LogP contribution in [-0.4, -0.2) is 32.6 Å². The van der Waals surface area contributed by atoms with Crippen LogP contribution in [0.2, 0.25) is 0 Å². The van der Waals surface area contributed by atoms with Crippen LogP contribution in [0.1, 0.15) is 0 Å². The van der Waals surface area contributed by atoms with E-state index in [1.54, 1.807) is 0 Å². The molecule has 0 aromatic carbocycles. The summed E-state index contributed by atoms with van der Waals surface area (Å²) in [6.07, 6.45) is 0. The number of rotatable bonds is 3. The highest BCUT2D eigenvalue weighted by Crippen LogP contribution is 2.02. The topological polar surface area (TPSA) is 140 Å². The van der Waals surface area contributed by atoms with Gasteiger partial charge in [0.05, 0.1) is 0 Å². The van der Waals surface area contributed by atoms with Gasteiger partial charge in [-0.1, -0.05) is 0 Å². The molecular formula is C5H8N6O2. The normalized spacial score (nSPS) is 9.54. The molecule has 0 unspecified atom stereocenters. The number of carboxylic acids is 1. The summed E-state index contributed by atoms with van der Waals surface area (Å²) in [5.74, 6) is -1.09. The van der Waals surface area contributed by atoms with Gasteiger partial charge >= 0.3 is 5.97 Å². The lowest BCUT2D eigenvalue weighted by Gasteiger charge is -2.01. The van der Waals surface area contributed by atoms with Crippen LogP contribution >= 0.6 is 0 Å². The van der Waals surface area contributed by atoms with Crippen molar-refractivity contribution in [2.45, 2.75) is 0 Å². The van der Waals surface area contributed by atoms with Crippen molar-refractivity contribution in [3.63, 3.8) is 0 Å². The Hall–Kier alpha value is -2.12. The highest BCUT2D eigenvalue weighted by atomic mass is 16.4. The first kappa shape index (κ1) is 8.97. The Bertz CT molecular complexity index is 307. The molecule has 0 aliphatic rings. The van der Waals surface area contributed by atoms with E-state index < -0.39 is 5.97 Å². The highest BCUT2D eigenvalue weighted by Gasteiger charge is 2.02. The number of carboxylic acid groups (broad SMARTS) is 1. The molecule has 0 saturated carbocycles. The first-order valence-corrected chi connectivity index (χ1v) is 3.30. The molecule has 8 nitrogen and oxygen atoms in total. The van der Waals surface area contributed by atoms with Gasteiger partial charge < -0.3 is 21.9 Å². The number of hydrogen-bond acceptors (Lipinski definition) is 7. The lowest BCUT2D eigenvalue weighted by molar-refractivity contribution is -0.134. The van der Waals surface area contributed by atoms with Crippen LogP contribution in [0.5, 0.6) is 0 Å². The molecule has 13 heavy (non-hydrogen) atoms. The van der Waals surface area contributed by atoms with Crippen LogP contribution in [0, 0.1) is 0 Å². The van der Waals surface area contributed by atoms with E-state index >= 15 is 0 Å². The Balaban J connectivity index is 2.71. The second-order valence-electron chi connectivity index (χ2n) is 2.12. The van der Waals surface area contributed by atoms with E-state index in [4.69, 9.17) is 16.6 Å². The van der Waals surface area contributed by atoms with Gasteiger partial charge in [0, 0.05) is 0 Å². The second-order valence-corrected chi connectivity index (χ2v) is 2.12. The molecular weight excluding hydrogens is 176 g/mol. The summed E-state index contributed by atoms with van der Waals surface area (Å²) in [5, 5.41) is 10.7. The zero-order valence-electron chi connectivity index (χ0n) is 6.56. The summed E-state index contributed by atoms with van der Waals surface area (Å²) >= 11 is 0. The summed E-state index contributed by atoms with van der Waals surface area (Å²) in [6.45, 7) is -0.303. The van der Waals surface area contributed by atoms with Crippen molar-refractivity contribution >= 4 is 23.8 Å². The Morgan fingerprint density at radius 3 is 2.31 bits per heavy atom. The number of nitrogens with two attached hydrogens (primary N) is 2. The van der Waals surface area contributed by atoms with Crippen LogP contribution in [0.15, 0.2) is 0 Å². The average molecular weight is 184 g/mol. The molecule has 1 aromatic heterocycles. The maximum absolute atomic E-state index is 10.1. The van der Waals surface area contributed by atoms with Crippen LogP contribution < -0.4 is 16.8 Å². The number of hydrogen-bond donors (Lipinski definition) is 4. The van der Waals surface area contributed by atoms with Crippen molar-refractivity contribution in [2.75, 3.05) is 23.3 Å². The molecule has 1 rings (SSSR count). The molecule has 0 aliphatic carbocycles. The van der Waals surface area contributed by atoms with E-state index in [9.17, 15) is 4.79 Å². The third-order valence-corrected chi connectivity index (χ3v) is 1.07. The van der Waals surface area contributed by atoms with Crippen molar-refractivity contribution in [2.24, 2.45) is 0 Å². The van der Waals surface area contributed by atoms with Crippen molar-refractivity contribution in [1.29, 1.82) is 0 Å². The minimum Gasteiger partial charge on any atom is -0.480 e. The molecule has 70 valence electrons. The van der Waals surface area contributed by atoms with Crippen LogP contribution in [0.25, 0.3) is 0 Å². The van der Waals surface area contributed by atoms with E-state index in [0.29, 0.717) is 0 Å². The first-order chi connectivity index (χ1) is 6.08. The molecule has 1 heterocycles. The smallest absolute Gasteiger partial charge is 0.322 e. The largest absolute Gasteiger partial charge is 0.480 e. The number of aliphatic carboxylic acids is 1. The van der Waals surface area contributed by atoms with Crippen molar-refractivity contribution in [1.82, 2.24) is 15.0 Å². The maximum atomic E-state index is 10.1. The Morgan fingerprint density at radius 1 is 1.31 bits per heavy atom. The third-order valence-electron chi connectivity index (χ3n) is 1.07. The zero-order chi connectivity index (χ0) is 9.84. The number of nitrogens with one attached hydrogen (secondary N) is 1. The fourth-order valence-corrected chi connectivity index (χ4v) is 0.643. The maximum Gasteiger partial charge on any atom is 0.322 e. The van der Waals surface area contributed by atoms with Crippen molar-refractivity contribution in [3.05, 3.63) is 0 Å². The van der Waals surface area contributed by atoms with Gasteiger partial charge in [-0.2, -0.15) is 15.0 Å². The second kappa shape index (κ2) is 3.52. The molecule has 0 amide bonds. The minimum atomic E-state index is -1.03. The first-order valence-electron chi connectivity index (χ1n) is 3.30. The fraction of sp³-hybridized carbons (Fsp3) is 0.200. The molecule has 0 bridgehead atoms. The van der Waals surface area contributed by atoms with E-state index in [1.807, 2.05) is 0 Å². The molecule has 0 aliphatic heterocycles. The van der Waals surface area contributed by atoms with Gasteiger partial charge in [0.2, 0.25) is 17.8 Å². The van der Waals surface area contributed by atoms with Crippen molar-refractivity contribution < 1.29 is 9.90 Å². The number of carbonyl (C=O) groups is 1. The lowest BCUT2D eigenvalue weighted by atomic mass is 10.6. The van der Waals surface area contributed by atoms with E-state index in [0.717, 1.165) is 0 Å². The number of anilines is 3. The zero-order valence-corrected chi connectivity index (χ0v) is 6.56. The van der Waals surface area contributed by atoms with E-state index in [-0.39, 0.29) is 24.4 Å². The van der Waals surface area contributed by atoms with E-state index in [2.05, 4.69) is 20.3 Å². The minimum absolute atomic E-state index is 0.0485. The molecule has 0 spiro atoms. The molecule has 1 aromatic rings. The standard InChI is InChI=1S/C5H8N6O2/c6-3-9-4(7)11-5(10-3)8-1-2(12)13/h1H2,(H,12,13)(H5,6,7,8,9,10,11). The Kier molecular flexibility index (Phi) is 2.43. The summed E-state index contributed by atoms with van der Waals surface area (Å²) < 4.78 is 0. The Labute approximate surface area is 73.0 Å². The molecule has 0 saturated heterocycles. The van der Waals surface area contributed by atoms with Gasteiger partial charge in [0.25, 0.3) is 0 Å². The van der Waals surface area contributed by atoms with Gasteiger partial charge in [-0.15, -0.1) is 0 Å². The fourth-order valence-electron chi connectivity index (χ4n) is 0.643. The predicted octanol–water partition coefficient (Wildman–Crippen LogP) is -1.47. The van der Waals surface area contributed by atoms with Crippen LogP contribution in [0.4, 0.5) is 17.8 Å². The molecule has 0 atom stereocenters. The third kappa shape index (κ3) is 2.77. The van der Waals surface area contributed by atoms with Crippen LogP contribution in [-0.2, 0) is 4.79 Å². The molecule has 6 N–H and O–H groups in total.